The van der Waals surface area contributed by atoms with E-state index in [0.717, 1.165) is 30.7 Å². The van der Waals surface area contributed by atoms with E-state index in [4.69, 9.17) is 4.98 Å². The van der Waals surface area contributed by atoms with E-state index in [0.29, 0.717) is 30.2 Å². The number of amides is 1. The van der Waals surface area contributed by atoms with Gasteiger partial charge in [-0.1, -0.05) is 6.07 Å². The Balaban J connectivity index is 1.65. The van der Waals surface area contributed by atoms with Gasteiger partial charge in [0.2, 0.25) is 11.9 Å². The highest BCUT2D eigenvalue weighted by Crippen LogP contribution is 2.34. The third-order valence-electron chi connectivity index (χ3n) is 5.45. The Morgan fingerprint density at radius 1 is 1.26 bits per heavy atom. The lowest BCUT2D eigenvalue weighted by Gasteiger charge is -2.33. The van der Waals surface area contributed by atoms with E-state index < -0.39 is 11.6 Å². The summed E-state index contributed by atoms with van der Waals surface area (Å²) in [5.41, 5.74) is 1.90. The Labute approximate surface area is 179 Å². The summed E-state index contributed by atoms with van der Waals surface area (Å²) in [5.74, 6) is -1.34. The number of likely N-dealkylation sites (tertiary alicyclic amines) is 1. The van der Waals surface area contributed by atoms with E-state index in [9.17, 15) is 13.6 Å². The van der Waals surface area contributed by atoms with Gasteiger partial charge in [-0.05, 0) is 36.6 Å². The first-order valence-electron chi connectivity index (χ1n) is 10.2. The molecular weight excluding hydrogens is 402 g/mol. The number of anilines is 1. The Morgan fingerprint density at radius 3 is 2.81 bits per heavy atom. The molecule has 3 aromatic rings. The summed E-state index contributed by atoms with van der Waals surface area (Å²) in [6.07, 6.45) is 6.72. The van der Waals surface area contributed by atoms with Gasteiger partial charge in [0.15, 0.2) is 11.6 Å². The first-order valence-corrected chi connectivity index (χ1v) is 10.2. The summed E-state index contributed by atoms with van der Waals surface area (Å²) in [7, 11) is 3.69. The summed E-state index contributed by atoms with van der Waals surface area (Å²) in [6.45, 7) is 1.35. The number of halogens is 2. The topological polar surface area (TPSA) is 67.2 Å². The van der Waals surface area contributed by atoms with Crippen molar-refractivity contribution in [2.75, 3.05) is 32.1 Å². The number of benzene rings is 1. The lowest BCUT2D eigenvalue weighted by atomic mass is 9.90. The van der Waals surface area contributed by atoms with Crippen molar-refractivity contribution in [3.05, 3.63) is 60.2 Å². The van der Waals surface area contributed by atoms with Crippen LogP contribution in [0.2, 0.25) is 0 Å². The van der Waals surface area contributed by atoms with E-state index in [1.54, 1.807) is 34.2 Å². The molecule has 0 N–H and O–H groups in total. The third kappa shape index (κ3) is 4.55. The SMILES string of the molecule is CN(C)c1ncc(-c2ccc(F)c(F)c2)c([C@H]2CCCN(C(=O)Cn3cccn3)C2)n1. The van der Waals surface area contributed by atoms with E-state index >= 15 is 0 Å². The van der Waals surface area contributed by atoms with E-state index in [-0.39, 0.29) is 18.4 Å². The number of carbonyl (C=O) groups excluding carboxylic acids is 1. The van der Waals surface area contributed by atoms with Crippen molar-refractivity contribution in [3.63, 3.8) is 0 Å². The van der Waals surface area contributed by atoms with Gasteiger partial charge in [0.05, 0.1) is 5.69 Å². The zero-order valence-corrected chi connectivity index (χ0v) is 17.5. The minimum absolute atomic E-state index is 0.00957. The van der Waals surface area contributed by atoms with Crippen LogP contribution in [0.3, 0.4) is 0 Å². The molecule has 4 rings (SSSR count). The molecule has 0 saturated carbocycles. The molecule has 1 aliphatic rings. The number of nitrogens with zero attached hydrogens (tertiary/aromatic N) is 6. The van der Waals surface area contributed by atoms with Gasteiger partial charge in [-0.2, -0.15) is 5.10 Å². The number of aromatic nitrogens is 4. The molecule has 31 heavy (non-hydrogen) atoms. The fourth-order valence-electron chi connectivity index (χ4n) is 3.86. The molecule has 0 radical (unpaired) electrons. The average Bonchev–Trinajstić information content (AvgIpc) is 3.28. The second kappa shape index (κ2) is 8.79. The minimum Gasteiger partial charge on any atom is -0.347 e. The molecule has 1 amide bonds. The zero-order valence-electron chi connectivity index (χ0n) is 17.5. The number of hydrogen-bond acceptors (Lipinski definition) is 5. The first kappa shape index (κ1) is 20.9. The van der Waals surface area contributed by atoms with Gasteiger partial charge in [0.25, 0.3) is 0 Å². The van der Waals surface area contributed by atoms with Gasteiger partial charge in [0.1, 0.15) is 6.54 Å². The zero-order chi connectivity index (χ0) is 22.0. The van der Waals surface area contributed by atoms with E-state index in [2.05, 4.69) is 10.1 Å². The van der Waals surface area contributed by atoms with Gasteiger partial charge in [-0.3, -0.25) is 9.48 Å². The quantitative estimate of drug-likeness (QED) is 0.627. The fraction of sp³-hybridized carbons (Fsp3) is 0.364. The molecule has 9 heteroatoms. The number of rotatable bonds is 5. The van der Waals surface area contributed by atoms with Crippen molar-refractivity contribution in [1.29, 1.82) is 0 Å². The van der Waals surface area contributed by atoms with Gasteiger partial charge < -0.3 is 9.80 Å². The molecule has 1 saturated heterocycles. The van der Waals surface area contributed by atoms with Gasteiger partial charge in [-0.15, -0.1) is 0 Å². The van der Waals surface area contributed by atoms with Crippen LogP contribution in [-0.4, -0.2) is 57.7 Å². The first-order chi connectivity index (χ1) is 14.9. The molecule has 0 aliphatic carbocycles. The van der Waals surface area contributed by atoms with Crippen LogP contribution in [0.5, 0.6) is 0 Å². The Kier molecular flexibility index (Phi) is 5.92. The van der Waals surface area contributed by atoms with Crippen LogP contribution in [0, 0.1) is 11.6 Å². The predicted molar refractivity (Wildman–Crippen MR) is 112 cm³/mol. The molecule has 0 spiro atoms. The molecule has 7 nitrogen and oxygen atoms in total. The summed E-state index contributed by atoms with van der Waals surface area (Å²) in [4.78, 5) is 25.5. The molecule has 162 valence electrons. The van der Waals surface area contributed by atoms with Gasteiger partial charge in [0, 0.05) is 57.3 Å². The molecule has 3 heterocycles. The lowest BCUT2D eigenvalue weighted by molar-refractivity contribution is -0.133. The number of carbonyl (C=O) groups is 1. The Morgan fingerprint density at radius 2 is 2.10 bits per heavy atom. The average molecular weight is 426 g/mol. The van der Waals surface area contributed by atoms with Crippen LogP contribution in [0.1, 0.15) is 24.5 Å². The molecule has 2 aromatic heterocycles. The van der Waals surface area contributed by atoms with Crippen LogP contribution in [0.4, 0.5) is 14.7 Å². The molecule has 1 aliphatic heterocycles. The highest BCUT2D eigenvalue weighted by Gasteiger charge is 2.28. The molecule has 0 unspecified atom stereocenters. The largest absolute Gasteiger partial charge is 0.347 e. The maximum atomic E-state index is 13.9. The molecule has 0 bridgehead atoms. The normalized spacial score (nSPS) is 16.4. The lowest BCUT2D eigenvalue weighted by Crippen LogP contribution is -2.41. The monoisotopic (exact) mass is 426 g/mol. The second-order valence-corrected chi connectivity index (χ2v) is 7.87. The molecule has 1 atom stereocenters. The highest BCUT2D eigenvalue weighted by atomic mass is 19.2. The summed E-state index contributed by atoms with van der Waals surface area (Å²) in [6, 6.07) is 5.58. The van der Waals surface area contributed by atoms with Crippen LogP contribution in [0.25, 0.3) is 11.1 Å². The van der Waals surface area contributed by atoms with Crippen molar-refractivity contribution >= 4 is 11.9 Å². The fourth-order valence-corrected chi connectivity index (χ4v) is 3.86. The van der Waals surface area contributed by atoms with E-state index in [1.807, 2.05) is 19.0 Å². The van der Waals surface area contributed by atoms with Crippen LogP contribution >= 0.6 is 0 Å². The smallest absolute Gasteiger partial charge is 0.244 e. The second-order valence-electron chi connectivity index (χ2n) is 7.87. The minimum atomic E-state index is -0.917. The van der Waals surface area contributed by atoms with Crippen molar-refractivity contribution in [3.8, 4) is 11.1 Å². The van der Waals surface area contributed by atoms with E-state index in [1.165, 1.54) is 6.07 Å². The maximum Gasteiger partial charge on any atom is 0.244 e. The maximum absolute atomic E-state index is 13.9. The van der Waals surface area contributed by atoms with Crippen molar-refractivity contribution in [2.24, 2.45) is 0 Å². The number of piperidine rings is 1. The van der Waals surface area contributed by atoms with Gasteiger partial charge >= 0.3 is 0 Å². The molecule has 1 aromatic carbocycles. The predicted octanol–water partition coefficient (Wildman–Crippen LogP) is 3.09. The summed E-state index contributed by atoms with van der Waals surface area (Å²) in [5, 5.41) is 4.11. The van der Waals surface area contributed by atoms with Crippen LogP contribution < -0.4 is 4.90 Å². The van der Waals surface area contributed by atoms with Crippen molar-refractivity contribution in [2.45, 2.75) is 25.3 Å². The highest BCUT2D eigenvalue weighted by molar-refractivity contribution is 5.76. The Hall–Kier alpha value is -3.36. The van der Waals surface area contributed by atoms with Crippen LogP contribution in [-0.2, 0) is 11.3 Å². The summed E-state index contributed by atoms with van der Waals surface area (Å²) >= 11 is 0. The van der Waals surface area contributed by atoms with Crippen molar-refractivity contribution < 1.29 is 13.6 Å². The molecule has 1 fully saturated rings. The standard InChI is InChI=1S/C22H24F2N6O/c1-28(2)22-25-12-17(15-6-7-18(23)19(24)11-15)21(27-22)16-5-3-9-29(13-16)20(31)14-30-10-4-8-26-30/h4,6-8,10-12,16H,3,5,9,13-14H2,1-2H3/t16-/m0/s1. The van der Waals surface area contributed by atoms with Crippen molar-refractivity contribution in [1.82, 2.24) is 24.6 Å². The molecular formula is C22H24F2N6O. The van der Waals surface area contributed by atoms with Crippen LogP contribution in [0.15, 0.2) is 42.9 Å². The third-order valence-corrected chi connectivity index (χ3v) is 5.45. The summed E-state index contributed by atoms with van der Waals surface area (Å²) < 4.78 is 29.0. The Bertz CT molecular complexity index is 1070. The number of hydrogen-bond donors (Lipinski definition) is 0. The van der Waals surface area contributed by atoms with Gasteiger partial charge in [-0.25, -0.2) is 18.7 Å².